The maximum atomic E-state index is 13.3. The first kappa shape index (κ1) is 42.3. The standard InChI is InChI=1S/C39H40ClF4N7O6/c1-37(2,20-23-4-12-27(41)13-5-23)21-30(52)32(54)45-19-16-29(33(55)56-3)47-31(53)24-6-14-28(15-7-24)46-34-48-35(50-36(49-34)57-22-39(42,43)44)51-38(17-18-38)25-8-10-26(40)11-9-25/h4-15,29H,16-22H2,1-3H3,(H,45,54)(H,47,53)(H2,46,48,49,50,51)/t29-/m0/s1. The summed E-state index contributed by atoms with van der Waals surface area (Å²) < 4.78 is 61.8. The number of Topliss-reactive ketones (excluding diaryl/α,β-unsaturated/α-hetero) is 1. The number of carbonyl (C=O) groups excluding carboxylic acids is 4. The van der Waals surface area contributed by atoms with E-state index < -0.39 is 59.4 Å². The first-order chi connectivity index (χ1) is 26.9. The van der Waals surface area contributed by atoms with Gasteiger partial charge in [-0.3, -0.25) is 14.4 Å². The quantitative estimate of drug-likeness (QED) is 0.0494. The molecule has 1 heterocycles. The summed E-state index contributed by atoms with van der Waals surface area (Å²) in [4.78, 5) is 63.3. The van der Waals surface area contributed by atoms with Crippen molar-refractivity contribution in [2.45, 2.75) is 63.7 Å². The third-order valence-corrected chi connectivity index (χ3v) is 9.13. The zero-order valence-corrected chi connectivity index (χ0v) is 31.9. The second-order valence-electron chi connectivity index (χ2n) is 14.2. The van der Waals surface area contributed by atoms with Crippen LogP contribution in [0.25, 0.3) is 0 Å². The van der Waals surface area contributed by atoms with Gasteiger partial charge in [-0.1, -0.05) is 49.7 Å². The zero-order valence-electron chi connectivity index (χ0n) is 31.1. The Bertz CT molecular complexity index is 2060. The van der Waals surface area contributed by atoms with Gasteiger partial charge in [0.15, 0.2) is 6.61 Å². The minimum absolute atomic E-state index is 0.0340. The van der Waals surface area contributed by atoms with E-state index in [4.69, 9.17) is 21.1 Å². The molecule has 1 saturated carbocycles. The number of alkyl halides is 3. The highest BCUT2D eigenvalue weighted by molar-refractivity contribution is 6.36. The summed E-state index contributed by atoms with van der Waals surface area (Å²) >= 11 is 6.03. The molecule has 1 fully saturated rings. The summed E-state index contributed by atoms with van der Waals surface area (Å²) in [5, 5.41) is 11.6. The van der Waals surface area contributed by atoms with Gasteiger partial charge in [0, 0.05) is 29.2 Å². The number of nitrogens with one attached hydrogen (secondary N) is 4. The molecular formula is C39H40ClF4N7O6. The van der Waals surface area contributed by atoms with Crippen molar-refractivity contribution in [1.82, 2.24) is 25.6 Å². The number of rotatable bonds is 18. The molecule has 1 aromatic heterocycles. The van der Waals surface area contributed by atoms with Crippen LogP contribution in [0.3, 0.4) is 0 Å². The maximum Gasteiger partial charge on any atom is 0.422 e. The van der Waals surface area contributed by atoms with Crippen LogP contribution in [0.4, 0.5) is 35.1 Å². The van der Waals surface area contributed by atoms with Gasteiger partial charge in [-0.05, 0) is 90.8 Å². The maximum absolute atomic E-state index is 13.3. The fourth-order valence-corrected chi connectivity index (χ4v) is 6.03. The highest BCUT2D eigenvalue weighted by Gasteiger charge is 2.45. The lowest BCUT2D eigenvalue weighted by molar-refractivity contribution is -0.154. The van der Waals surface area contributed by atoms with Crippen molar-refractivity contribution in [2.24, 2.45) is 5.41 Å². The lowest BCUT2D eigenvalue weighted by Crippen LogP contribution is -2.44. The first-order valence-corrected chi connectivity index (χ1v) is 18.1. The van der Waals surface area contributed by atoms with Crippen molar-refractivity contribution in [3.05, 3.63) is 100 Å². The fraction of sp³-hybridized carbons (Fsp3) is 0.359. The van der Waals surface area contributed by atoms with E-state index >= 15 is 0 Å². The number of hydrogen-bond donors (Lipinski definition) is 4. The van der Waals surface area contributed by atoms with Crippen LogP contribution >= 0.6 is 11.6 Å². The van der Waals surface area contributed by atoms with E-state index in [0.717, 1.165) is 18.2 Å². The minimum Gasteiger partial charge on any atom is -0.467 e. The number of methoxy groups -OCH3 is 1. The van der Waals surface area contributed by atoms with Crippen LogP contribution in [0.5, 0.6) is 6.01 Å². The summed E-state index contributed by atoms with van der Waals surface area (Å²) in [5.74, 6) is -3.52. The highest BCUT2D eigenvalue weighted by atomic mass is 35.5. The van der Waals surface area contributed by atoms with E-state index in [1.165, 1.54) is 36.4 Å². The van der Waals surface area contributed by atoms with Crippen molar-refractivity contribution in [3.63, 3.8) is 0 Å². The molecule has 0 aliphatic heterocycles. The number of benzene rings is 3. The smallest absolute Gasteiger partial charge is 0.422 e. The number of amides is 2. The second-order valence-corrected chi connectivity index (χ2v) is 14.7. The molecule has 302 valence electrons. The Kier molecular flexibility index (Phi) is 13.3. The number of carbonyl (C=O) groups is 4. The normalized spacial score (nSPS) is 13.8. The Morgan fingerprint density at radius 3 is 2.16 bits per heavy atom. The number of ketones is 1. The van der Waals surface area contributed by atoms with Gasteiger partial charge >= 0.3 is 18.2 Å². The van der Waals surface area contributed by atoms with Gasteiger partial charge in [-0.15, -0.1) is 0 Å². The first-order valence-electron chi connectivity index (χ1n) is 17.7. The van der Waals surface area contributed by atoms with Gasteiger partial charge in [0.05, 0.1) is 12.6 Å². The number of ether oxygens (including phenoxy) is 2. The molecule has 18 heteroatoms. The molecule has 1 aliphatic rings. The van der Waals surface area contributed by atoms with Gasteiger partial charge in [0.25, 0.3) is 11.8 Å². The molecule has 0 saturated heterocycles. The van der Waals surface area contributed by atoms with Gasteiger partial charge in [-0.2, -0.15) is 28.1 Å². The SMILES string of the molecule is COC(=O)[C@H](CCNC(=O)C(=O)CC(C)(C)Cc1ccc(F)cc1)NC(=O)c1ccc(Nc2nc(NC3(c4ccc(Cl)cc4)CC3)nc(OCC(F)(F)F)n2)cc1. The van der Waals surface area contributed by atoms with Crippen molar-refractivity contribution in [3.8, 4) is 6.01 Å². The van der Waals surface area contributed by atoms with E-state index in [1.54, 1.807) is 24.3 Å². The Balaban J connectivity index is 1.18. The summed E-state index contributed by atoms with van der Waals surface area (Å²) in [7, 11) is 1.14. The molecule has 4 N–H and O–H groups in total. The lowest BCUT2D eigenvalue weighted by atomic mass is 9.81. The molecule has 13 nitrogen and oxygen atoms in total. The van der Waals surface area contributed by atoms with Crippen LogP contribution < -0.4 is 26.0 Å². The predicted octanol–water partition coefficient (Wildman–Crippen LogP) is 6.46. The van der Waals surface area contributed by atoms with Crippen LogP contribution in [-0.4, -0.2) is 71.0 Å². The summed E-state index contributed by atoms with van der Waals surface area (Å²) in [6.45, 7) is 1.87. The Labute approximate surface area is 330 Å². The average molecular weight is 814 g/mol. The van der Waals surface area contributed by atoms with E-state index in [-0.39, 0.29) is 42.7 Å². The molecule has 3 aromatic carbocycles. The van der Waals surface area contributed by atoms with Crippen LogP contribution in [0.1, 0.15) is 61.0 Å². The molecule has 2 amide bonds. The summed E-state index contributed by atoms with van der Waals surface area (Å²) in [6.07, 6.45) is -2.97. The van der Waals surface area contributed by atoms with E-state index in [2.05, 4.69) is 36.2 Å². The number of halogens is 5. The molecule has 0 spiro atoms. The second kappa shape index (κ2) is 18.0. The molecule has 0 unspecified atom stereocenters. The monoisotopic (exact) mass is 813 g/mol. The third kappa shape index (κ3) is 12.6. The highest BCUT2D eigenvalue weighted by Crippen LogP contribution is 2.48. The third-order valence-electron chi connectivity index (χ3n) is 8.88. The predicted molar refractivity (Wildman–Crippen MR) is 201 cm³/mol. The van der Waals surface area contributed by atoms with Crippen LogP contribution in [0, 0.1) is 11.2 Å². The van der Waals surface area contributed by atoms with Crippen LogP contribution in [-0.2, 0) is 31.1 Å². The number of nitrogens with zero attached hydrogens (tertiary/aromatic N) is 3. The van der Waals surface area contributed by atoms with Crippen LogP contribution in [0.15, 0.2) is 72.8 Å². The molecule has 0 bridgehead atoms. The molecule has 57 heavy (non-hydrogen) atoms. The topological polar surface area (TPSA) is 174 Å². The van der Waals surface area contributed by atoms with Gasteiger partial charge in [-0.25, -0.2) is 9.18 Å². The number of esters is 1. The Hall–Kier alpha value is -5.84. The van der Waals surface area contributed by atoms with Gasteiger partial charge in [0.1, 0.15) is 11.9 Å². The zero-order chi connectivity index (χ0) is 41.4. The van der Waals surface area contributed by atoms with Gasteiger partial charge in [0.2, 0.25) is 17.7 Å². The summed E-state index contributed by atoms with van der Waals surface area (Å²) in [6, 6.07) is 17.0. The van der Waals surface area contributed by atoms with Gasteiger partial charge < -0.3 is 30.7 Å². The van der Waals surface area contributed by atoms with Crippen molar-refractivity contribution in [1.29, 1.82) is 0 Å². The van der Waals surface area contributed by atoms with Crippen molar-refractivity contribution < 1.29 is 46.2 Å². The number of anilines is 3. The molecule has 1 aliphatic carbocycles. The lowest BCUT2D eigenvalue weighted by Gasteiger charge is -2.23. The minimum atomic E-state index is -4.64. The fourth-order valence-electron chi connectivity index (χ4n) is 5.90. The average Bonchev–Trinajstić information content (AvgIpc) is 3.94. The van der Waals surface area contributed by atoms with E-state index in [1.807, 2.05) is 26.0 Å². The summed E-state index contributed by atoms with van der Waals surface area (Å²) in [5.41, 5.74) is 1.01. The van der Waals surface area contributed by atoms with Crippen molar-refractivity contribution >= 4 is 52.8 Å². The number of aromatic nitrogens is 3. The molecular weight excluding hydrogens is 774 g/mol. The number of hydrogen-bond acceptors (Lipinski definition) is 11. The van der Waals surface area contributed by atoms with E-state index in [9.17, 15) is 36.7 Å². The Morgan fingerprint density at radius 2 is 1.54 bits per heavy atom. The van der Waals surface area contributed by atoms with E-state index in [0.29, 0.717) is 30.0 Å². The van der Waals surface area contributed by atoms with Crippen LogP contribution in [0.2, 0.25) is 5.02 Å². The largest absolute Gasteiger partial charge is 0.467 e. The Morgan fingerprint density at radius 1 is 0.895 bits per heavy atom. The molecule has 4 aromatic rings. The molecule has 1 atom stereocenters. The molecule has 5 rings (SSSR count). The molecule has 0 radical (unpaired) electrons. The van der Waals surface area contributed by atoms with Crippen molar-refractivity contribution in [2.75, 3.05) is 30.9 Å².